The van der Waals surface area contributed by atoms with Crippen molar-refractivity contribution in [1.29, 1.82) is 0 Å². The summed E-state index contributed by atoms with van der Waals surface area (Å²) in [6, 6.07) is 8.44. The standard InChI is InChI=1S/C19H21N5S2/c1-4-23-17(16(22-18(23)25)15-7-5-6-8-20-15)14-11-12(2)24(13(14)3)19-21-9-10-26-19/h5-11,16-17H,4H2,1-3H3,(H,22,25)/t16-,17+/m0/s1. The SMILES string of the molecule is CCN1C(=S)N[C@@H](c2ccccn2)[C@H]1c1cc(C)n(-c2nccs2)c1C. The molecule has 4 rings (SSSR count). The lowest BCUT2D eigenvalue weighted by molar-refractivity contribution is 0.329. The van der Waals surface area contributed by atoms with Gasteiger partial charge in [0.05, 0.1) is 17.8 Å². The second-order valence-corrected chi connectivity index (χ2v) is 7.65. The van der Waals surface area contributed by atoms with Gasteiger partial charge in [0.15, 0.2) is 10.2 Å². The van der Waals surface area contributed by atoms with E-state index in [9.17, 15) is 0 Å². The van der Waals surface area contributed by atoms with Crippen LogP contribution in [0.3, 0.4) is 0 Å². The van der Waals surface area contributed by atoms with Crippen molar-refractivity contribution in [2.24, 2.45) is 0 Å². The third-order valence-electron chi connectivity index (χ3n) is 4.94. The maximum absolute atomic E-state index is 5.63. The van der Waals surface area contributed by atoms with Crippen LogP contribution in [0, 0.1) is 13.8 Å². The summed E-state index contributed by atoms with van der Waals surface area (Å²) in [7, 11) is 0. The van der Waals surface area contributed by atoms with Gasteiger partial charge in [-0.1, -0.05) is 6.07 Å². The van der Waals surface area contributed by atoms with Gasteiger partial charge in [-0.25, -0.2) is 4.98 Å². The molecule has 0 aromatic carbocycles. The number of aromatic nitrogens is 3. The van der Waals surface area contributed by atoms with Crippen LogP contribution in [-0.4, -0.2) is 31.1 Å². The molecule has 1 fully saturated rings. The predicted octanol–water partition coefficient (Wildman–Crippen LogP) is 3.94. The van der Waals surface area contributed by atoms with Crippen LogP contribution in [0.25, 0.3) is 5.13 Å². The minimum Gasteiger partial charge on any atom is -0.352 e. The van der Waals surface area contributed by atoms with Gasteiger partial charge in [0.1, 0.15) is 0 Å². The molecule has 0 amide bonds. The van der Waals surface area contributed by atoms with Crippen molar-refractivity contribution < 1.29 is 0 Å². The summed E-state index contributed by atoms with van der Waals surface area (Å²) in [5.41, 5.74) is 4.66. The lowest BCUT2D eigenvalue weighted by Crippen LogP contribution is -2.29. The van der Waals surface area contributed by atoms with E-state index in [-0.39, 0.29) is 12.1 Å². The summed E-state index contributed by atoms with van der Waals surface area (Å²) in [6.07, 6.45) is 3.68. The Balaban J connectivity index is 1.83. The maximum atomic E-state index is 5.63. The molecule has 3 aromatic heterocycles. The zero-order chi connectivity index (χ0) is 18.3. The highest BCUT2D eigenvalue weighted by Crippen LogP contribution is 2.41. The van der Waals surface area contributed by atoms with E-state index >= 15 is 0 Å². The normalized spacial score (nSPS) is 19.8. The highest BCUT2D eigenvalue weighted by Gasteiger charge is 2.40. The number of rotatable bonds is 4. The zero-order valence-electron chi connectivity index (χ0n) is 15.0. The summed E-state index contributed by atoms with van der Waals surface area (Å²) in [5.74, 6) is 0. The zero-order valence-corrected chi connectivity index (χ0v) is 16.6. The molecule has 0 aliphatic carbocycles. The van der Waals surface area contributed by atoms with Gasteiger partial charge >= 0.3 is 0 Å². The van der Waals surface area contributed by atoms with Gasteiger partial charge in [-0.3, -0.25) is 9.55 Å². The topological polar surface area (TPSA) is 46.0 Å². The van der Waals surface area contributed by atoms with Crippen LogP contribution in [0.5, 0.6) is 0 Å². The number of nitrogens with zero attached hydrogens (tertiary/aromatic N) is 4. The molecule has 5 nitrogen and oxygen atoms in total. The van der Waals surface area contributed by atoms with Crippen molar-refractivity contribution in [2.75, 3.05) is 6.54 Å². The molecule has 3 aromatic rings. The lowest BCUT2D eigenvalue weighted by atomic mass is 9.97. The number of hydrogen-bond acceptors (Lipinski definition) is 4. The molecule has 26 heavy (non-hydrogen) atoms. The first-order valence-electron chi connectivity index (χ1n) is 8.68. The molecule has 0 radical (unpaired) electrons. The Bertz CT molecular complexity index is 917. The maximum Gasteiger partial charge on any atom is 0.193 e. The van der Waals surface area contributed by atoms with Crippen LogP contribution >= 0.6 is 23.6 Å². The van der Waals surface area contributed by atoms with Crippen molar-refractivity contribution in [3.63, 3.8) is 0 Å². The summed E-state index contributed by atoms with van der Waals surface area (Å²) in [4.78, 5) is 11.3. The van der Waals surface area contributed by atoms with E-state index < -0.39 is 0 Å². The van der Waals surface area contributed by atoms with Crippen LogP contribution < -0.4 is 5.32 Å². The Hall–Kier alpha value is -2.25. The van der Waals surface area contributed by atoms with E-state index in [1.165, 1.54) is 17.0 Å². The summed E-state index contributed by atoms with van der Waals surface area (Å²) < 4.78 is 2.23. The highest BCUT2D eigenvalue weighted by atomic mass is 32.1. The Morgan fingerprint density at radius 3 is 2.73 bits per heavy atom. The second-order valence-electron chi connectivity index (χ2n) is 6.39. The first kappa shape index (κ1) is 17.2. The minimum absolute atomic E-state index is 0.0360. The molecule has 1 N–H and O–H groups in total. The Morgan fingerprint density at radius 2 is 2.08 bits per heavy atom. The molecule has 4 heterocycles. The molecule has 2 atom stereocenters. The molecule has 0 unspecified atom stereocenters. The molecular weight excluding hydrogens is 362 g/mol. The van der Waals surface area contributed by atoms with Gasteiger partial charge in [-0.2, -0.15) is 0 Å². The minimum atomic E-state index is 0.0360. The fourth-order valence-electron chi connectivity index (χ4n) is 3.79. The van der Waals surface area contributed by atoms with Crippen molar-refractivity contribution in [2.45, 2.75) is 32.9 Å². The predicted molar refractivity (Wildman–Crippen MR) is 109 cm³/mol. The molecular formula is C19H21N5S2. The van der Waals surface area contributed by atoms with Crippen molar-refractivity contribution >= 4 is 28.7 Å². The van der Waals surface area contributed by atoms with Crippen LogP contribution in [0.1, 0.15) is 41.7 Å². The fourth-order valence-corrected chi connectivity index (χ4v) is 4.91. The monoisotopic (exact) mass is 383 g/mol. The molecule has 1 saturated heterocycles. The van der Waals surface area contributed by atoms with Gasteiger partial charge in [-0.05, 0) is 56.8 Å². The number of hydrogen-bond donors (Lipinski definition) is 1. The van der Waals surface area contributed by atoms with Crippen molar-refractivity contribution in [1.82, 2.24) is 24.8 Å². The van der Waals surface area contributed by atoms with Gasteiger partial charge in [-0.15, -0.1) is 11.3 Å². The van der Waals surface area contributed by atoms with E-state index in [1.54, 1.807) is 11.3 Å². The van der Waals surface area contributed by atoms with Crippen LogP contribution in [-0.2, 0) is 0 Å². The molecule has 1 aliphatic heterocycles. The van der Waals surface area contributed by atoms with Crippen molar-refractivity contribution in [3.8, 4) is 5.13 Å². The van der Waals surface area contributed by atoms with Gasteiger partial charge in [0, 0.05) is 35.7 Å². The largest absolute Gasteiger partial charge is 0.352 e. The van der Waals surface area contributed by atoms with Crippen LogP contribution in [0.4, 0.5) is 0 Å². The highest BCUT2D eigenvalue weighted by molar-refractivity contribution is 7.80. The van der Waals surface area contributed by atoms with Crippen LogP contribution in [0.2, 0.25) is 0 Å². The average molecular weight is 384 g/mol. The van der Waals surface area contributed by atoms with Gasteiger partial charge in [0.25, 0.3) is 0 Å². The van der Waals surface area contributed by atoms with Crippen molar-refractivity contribution in [3.05, 3.63) is 64.7 Å². The summed E-state index contributed by atoms with van der Waals surface area (Å²) in [5, 5.41) is 7.27. The number of pyridine rings is 1. The number of likely N-dealkylation sites (N-methyl/N-ethyl adjacent to an activating group) is 1. The summed E-state index contributed by atoms with van der Waals surface area (Å²) >= 11 is 7.28. The first-order valence-corrected chi connectivity index (χ1v) is 9.97. The van der Waals surface area contributed by atoms with Gasteiger partial charge < -0.3 is 10.2 Å². The average Bonchev–Trinajstić information content (AvgIpc) is 3.34. The molecule has 0 saturated carbocycles. The lowest BCUT2D eigenvalue weighted by Gasteiger charge is -2.26. The van der Waals surface area contributed by atoms with Crippen LogP contribution in [0.15, 0.2) is 42.0 Å². The quantitative estimate of drug-likeness (QED) is 0.692. The Labute approximate surface area is 162 Å². The molecule has 0 bridgehead atoms. The van der Waals surface area contributed by atoms with Gasteiger partial charge in [0.2, 0.25) is 0 Å². The van der Waals surface area contributed by atoms with E-state index in [1.807, 2.05) is 29.9 Å². The molecule has 134 valence electrons. The smallest absolute Gasteiger partial charge is 0.193 e. The van der Waals surface area contributed by atoms with E-state index in [2.05, 4.69) is 57.7 Å². The molecule has 0 spiro atoms. The Morgan fingerprint density at radius 1 is 1.23 bits per heavy atom. The fraction of sp³-hybridized carbons (Fsp3) is 0.316. The van der Waals surface area contributed by atoms with E-state index in [0.717, 1.165) is 22.5 Å². The Kier molecular flexibility index (Phi) is 4.50. The number of nitrogens with one attached hydrogen (secondary N) is 1. The molecule has 7 heteroatoms. The third-order valence-corrected chi connectivity index (χ3v) is 6.05. The van der Waals surface area contributed by atoms with E-state index in [0.29, 0.717) is 0 Å². The number of thiazole rings is 1. The number of thiocarbonyl (C=S) groups is 1. The summed E-state index contributed by atoms with van der Waals surface area (Å²) in [6.45, 7) is 7.28. The third kappa shape index (κ3) is 2.71. The first-order chi connectivity index (χ1) is 12.6. The molecule has 1 aliphatic rings. The van der Waals surface area contributed by atoms with E-state index in [4.69, 9.17) is 12.2 Å². The second kappa shape index (κ2) is 6.81. The number of aryl methyl sites for hydroxylation is 1.